The average molecular weight is 383 g/mol. The van der Waals surface area contributed by atoms with Crippen LogP contribution in [0, 0.1) is 6.92 Å². The Labute approximate surface area is 132 Å². The van der Waals surface area contributed by atoms with Gasteiger partial charge in [0.05, 0.1) is 4.90 Å². The highest BCUT2D eigenvalue weighted by molar-refractivity contribution is 9.10. The molecular weight excluding hydrogens is 366 g/mol. The molecule has 0 saturated carbocycles. The van der Waals surface area contributed by atoms with Crippen LogP contribution in [0.5, 0.6) is 0 Å². The summed E-state index contributed by atoms with van der Waals surface area (Å²) in [5.41, 5.74) is 0.799. The molecule has 20 heavy (non-hydrogen) atoms. The molecule has 0 aliphatic heterocycles. The minimum absolute atomic E-state index is 0.0409. The van der Waals surface area contributed by atoms with Gasteiger partial charge in [0.25, 0.3) is 15.0 Å². The lowest BCUT2D eigenvalue weighted by Crippen LogP contribution is -2.27. The smallest absolute Gasteiger partial charge is 0.261 e. The van der Waals surface area contributed by atoms with E-state index in [2.05, 4.69) is 15.9 Å². The van der Waals surface area contributed by atoms with E-state index in [1.807, 2.05) is 6.92 Å². The van der Waals surface area contributed by atoms with Gasteiger partial charge in [-0.15, -0.1) is 0 Å². The fraction of sp³-hybridized carbons (Fsp3) is 0.462. The van der Waals surface area contributed by atoms with Crippen LogP contribution in [0.25, 0.3) is 0 Å². The third kappa shape index (κ3) is 4.20. The quantitative estimate of drug-likeness (QED) is 0.732. The summed E-state index contributed by atoms with van der Waals surface area (Å²) < 4.78 is 23.6. The highest BCUT2D eigenvalue weighted by atomic mass is 79.9. The maximum absolute atomic E-state index is 12.3. The van der Waals surface area contributed by atoms with Gasteiger partial charge in [0, 0.05) is 34.3 Å². The van der Waals surface area contributed by atoms with Gasteiger partial charge in [0.2, 0.25) is 0 Å². The van der Waals surface area contributed by atoms with Crippen molar-refractivity contribution >= 4 is 41.6 Å². The van der Waals surface area contributed by atoms with Crippen molar-refractivity contribution in [2.45, 2.75) is 31.6 Å². The Hall–Kier alpha value is -0.590. The van der Waals surface area contributed by atoms with E-state index >= 15 is 0 Å². The lowest BCUT2D eigenvalue weighted by Gasteiger charge is -2.18. The standard InChI is InChI=1S/C13H17BrClNO3S/c1-4-5-6-16(3)13(17)10-7-11(14)9(2)12(8-10)20(15,18)19/h7-8H,4-6H2,1-3H3. The van der Waals surface area contributed by atoms with Crippen molar-refractivity contribution in [1.82, 2.24) is 4.90 Å². The first-order valence-corrected chi connectivity index (χ1v) is 9.29. The Balaban J connectivity index is 3.21. The van der Waals surface area contributed by atoms with E-state index in [-0.39, 0.29) is 10.8 Å². The second kappa shape index (κ2) is 6.91. The zero-order valence-electron chi connectivity index (χ0n) is 11.6. The number of hydrogen-bond acceptors (Lipinski definition) is 3. The zero-order chi connectivity index (χ0) is 15.5. The van der Waals surface area contributed by atoms with Gasteiger partial charge < -0.3 is 4.90 Å². The summed E-state index contributed by atoms with van der Waals surface area (Å²) in [7, 11) is 3.21. The maximum atomic E-state index is 12.3. The number of halogens is 2. The minimum atomic E-state index is -3.88. The second-order valence-electron chi connectivity index (χ2n) is 4.60. The molecular formula is C13H17BrClNO3S. The Morgan fingerprint density at radius 2 is 2.00 bits per heavy atom. The van der Waals surface area contributed by atoms with Gasteiger partial charge in [-0.05, 0) is 31.0 Å². The summed E-state index contributed by atoms with van der Waals surface area (Å²) in [6.45, 7) is 4.30. The fourth-order valence-corrected chi connectivity index (χ4v) is 3.56. The van der Waals surface area contributed by atoms with Crippen LogP contribution in [0.4, 0.5) is 0 Å². The average Bonchev–Trinajstić information content (AvgIpc) is 2.36. The highest BCUT2D eigenvalue weighted by Crippen LogP contribution is 2.28. The van der Waals surface area contributed by atoms with E-state index in [0.717, 1.165) is 12.8 Å². The molecule has 0 spiro atoms. The summed E-state index contributed by atoms with van der Waals surface area (Å²) >= 11 is 3.27. The van der Waals surface area contributed by atoms with Crippen molar-refractivity contribution in [1.29, 1.82) is 0 Å². The van der Waals surface area contributed by atoms with Gasteiger partial charge >= 0.3 is 0 Å². The first-order valence-electron chi connectivity index (χ1n) is 6.18. The lowest BCUT2D eigenvalue weighted by atomic mass is 10.1. The molecule has 0 N–H and O–H groups in total. The van der Waals surface area contributed by atoms with Crippen LogP contribution >= 0.6 is 26.6 Å². The first kappa shape index (κ1) is 17.5. The lowest BCUT2D eigenvalue weighted by molar-refractivity contribution is 0.0793. The number of benzene rings is 1. The van der Waals surface area contributed by atoms with Crippen molar-refractivity contribution < 1.29 is 13.2 Å². The van der Waals surface area contributed by atoms with E-state index < -0.39 is 9.05 Å². The van der Waals surface area contributed by atoms with E-state index in [0.29, 0.717) is 22.1 Å². The largest absolute Gasteiger partial charge is 0.342 e. The van der Waals surface area contributed by atoms with Crippen molar-refractivity contribution in [3.63, 3.8) is 0 Å². The van der Waals surface area contributed by atoms with Gasteiger partial charge in [-0.1, -0.05) is 29.3 Å². The molecule has 0 unspecified atom stereocenters. The van der Waals surface area contributed by atoms with Crippen molar-refractivity contribution in [3.8, 4) is 0 Å². The second-order valence-corrected chi connectivity index (χ2v) is 7.99. The predicted octanol–water partition coefficient (Wildman–Crippen LogP) is 3.56. The Bertz CT molecular complexity index is 616. The van der Waals surface area contributed by atoms with Gasteiger partial charge in [-0.2, -0.15) is 0 Å². The van der Waals surface area contributed by atoms with Crippen LogP contribution in [0.3, 0.4) is 0 Å². The molecule has 4 nitrogen and oxygen atoms in total. The number of hydrogen-bond donors (Lipinski definition) is 0. The van der Waals surface area contributed by atoms with E-state index in [9.17, 15) is 13.2 Å². The number of amides is 1. The predicted molar refractivity (Wildman–Crippen MR) is 83.8 cm³/mol. The molecule has 7 heteroatoms. The third-order valence-corrected chi connectivity index (χ3v) is 5.27. The molecule has 1 amide bonds. The number of carbonyl (C=O) groups is 1. The van der Waals surface area contributed by atoms with Gasteiger partial charge in [-0.3, -0.25) is 4.79 Å². The third-order valence-electron chi connectivity index (χ3n) is 3.00. The van der Waals surface area contributed by atoms with Crippen LogP contribution < -0.4 is 0 Å². The zero-order valence-corrected chi connectivity index (χ0v) is 14.8. The maximum Gasteiger partial charge on any atom is 0.261 e. The van der Waals surface area contributed by atoms with Crippen LogP contribution in [-0.2, 0) is 9.05 Å². The molecule has 0 aromatic heterocycles. The van der Waals surface area contributed by atoms with Gasteiger partial charge in [-0.25, -0.2) is 8.42 Å². The molecule has 0 aliphatic rings. The first-order chi connectivity index (χ1) is 9.18. The van der Waals surface area contributed by atoms with Crippen molar-refractivity contribution in [2.24, 2.45) is 0 Å². The topological polar surface area (TPSA) is 54.5 Å². The monoisotopic (exact) mass is 381 g/mol. The number of unbranched alkanes of at least 4 members (excludes halogenated alkanes) is 1. The molecule has 1 aromatic rings. The molecule has 1 rings (SSSR count). The Kier molecular flexibility index (Phi) is 6.04. The SMILES string of the molecule is CCCCN(C)C(=O)c1cc(Br)c(C)c(S(=O)(=O)Cl)c1. The minimum Gasteiger partial charge on any atom is -0.342 e. The summed E-state index contributed by atoms with van der Waals surface area (Å²) in [4.78, 5) is 13.8. The molecule has 0 aliphatic carbocycles. The fourth-order valence-electron chi connectivity index (χ4n) is 1.75. The van der Waals surface area contributed by atoms with Crippen molar-refractivity contribution in [2.75, 3.05) is 13.6 Å². The Morgan fingerprint density at radius 1 is 1.40 bits per heavy atom. The normalized spacial score (nSPS) is 11.4. The summed E-state index contributed by atoms with van der Waals surface area (Å²) in [5, 5.41) is 0. The molecule has 1 aromatic carbocycles. The molecule has 0 heterocycles. The summed E-state index contributed by atoms with van der Waals surface area (Å²) in [6, 6.07) is 2.94. The highest BCUT2D eigenvalue weighted by Gasteiger charge is 2.20. The molecule has 0 fully saturated rings. The Morgan fingerprint density at radius 3 is 2.50 bits per heavy atom. The summed E-state index contributed by atoms with van der Waals surface area (Å²) in [6.07, 6.45) is 1.88. The van der Waals surface area contributed by atoms with E-state index in [1.54, 1.807) is 24.9 Å². The van der Waals surface area contributed by atoms with Crippen LogP contribution in [0.1, 0.15) is 35.7 Å². The van der Waals surface area contributed by atoms with Crippen molar-refractivity contribution in [3.05, 3.63) is 27.7 Å². The molecule has 0 atom stereocenters. The number of carbonyl (C=O) groups excluding carboxylic acids is 1. The van der Waals surface area contributed by atoms with Crippen LogP contribution in [0.2, 0.25) is 0 Å². The molecule has 0 bridgehead atoms. The van der Waals surface area contributed by atoms with Crippen LogP contribution in [-0.4, -0.2) is 32.8 Å². The number of nitrogens with zero attached hydrogens (tertiary/aromatic N) is 1. The van der Waals surface area contributed by atoms with E-state index in [1.165, 1.54) is 6.07 Å². The molecule has 0 radical (unpaired) electrons. The van der Waals surface area contributed by atoms with E-state index in [4.69, 9.17) is 10.7 Å². The molecule has 0 saturated heterocycles. The number of rotatable bonds is 5. The molecule has 112 valence electrons. The van der Waals surface area contributed by atoms with Gasteiger partial charge in [0.1, 0.15) is 0 Å². The summed E-state index contributed by atoms with van der Waals surface area (Å²) in [5.74, 6) is -0.222. The van der Waals surface area contributed by atoms with Crippen LogP contribution in [0.15, 0.2) is 21.5 Å². The van der Waals surface area contributed by atoms with Gasteiger partial charge in [0.15, 0.2) is 0 Å².